The van der Waals surface area contributed by atoms with E-state index >= 15 is 0 Å². The molecule has 2 aliphatic rings. The average molecular weight is 269 g/mol. The maximum Gasteiger partial charge on any atom is 0.0991 e. The van der Waals surface area contributed by atoms with Gasteiger partial charge in [0.2, 0.25) is 0 Å². The van der Waals surface area contributed by atoms with E-state index in [1.165, 1.54) is 44.3 Å². The molecule has 1 aromatic rings. The monoisotopic (exact) mass is 269 g/mol. The van der Waals surface area contributed by atoms with Gasteiger partial charge in [0.25, 0.3) is 0 Å². The van der Waals surface area contributed by atoms with Gasteiger partial charge in [-0.3, -0.25) is 4.90 Å². The first-order valence-electron chi connectivity index (χ1n) is 7.78. The summed E-state index contributed by atoms with van der Waals surface area (Å²) in [7, 11) is 0. The van der Waals surface area contributed by atoms with Crippen LogP contribution in [0.1, 0.15) is 49.8 Å². The van der Waals surface area contributed by atoms with Gasteiger partial charge >= 0.3 is 0 Å². The molecule has 2 heterocycles. The molecule has 20 heavy (non-hydrogen) atoms. The molecule has 3 heteroatoms. The Morgan fingerprint density at radius 3 is 2.75 bits per heavy atom. The number of rotatable bonds is 3. The molecule has 1 N–H and O–H groups in total. The lowest BCUT2D eigenvalue weighted by molar-refractivity contribution is 0.177. The Kier molecular flexibility index (Phi) is 4.05. The highest BCUT2D eigenvalue weighted by Crippen LogP contribution is 2.28. The van der Waals surface area contributed by atoms with Crippen LogP contribution in [-0.4, -0.2) is 30.1 Å². The van der Waals surface area contributed by atoms with Crippen molar-refractivity contribution in [1.29, 1.82) is 5.26 Å². The van der Waals surface area contributed by atoms with Gasteiger partial charge in [-0.05, 0) is 50.4 Å². The Balaban J connectivity index is 1.63. The largest absolute Gasteiger partial charge is 0.306 e. The van der Waals surface area contributed by atoms with Crippen LogP contribution in [0.5, 0.6) is 0 Å². The van der Waals surface area contributed by atoms with Crippen molar-refractivity contribution in [3.63, 3.8) is 0 Å². The molecule has 0 saturated carbocycles. The molecule has 0 radical (unpaired) electrons. The molecule has 0 spiro atoms. The second-order valence-corrected chi connectivity index (χ2v) is 6.12. The Hall–Kier alpha value is -1.37. The molecule has 0 bridgehead atoms. The quantitative estimate of drug-likeness (QED) is 0.917. The lowest BCUT2D eigenvalue weighted by Gasteiger charge is -2.34. The van der Waals surface area contributed by atoms with Crippen molar-refractivity contribution < 1.29 is 0 Å². The van der Waals surface area contributed by atoms with E-state index in [-0.39, 0.29) is 0 Å². The van der Waals surface area contributed by atoms with E-state index in [1.807, 2.05) is 12.1 Å². The summed E-state index contributed by atoms with van der Waals surface area (Å²) in [5, 5.41) is 12.7. The molecule has 0 aromatic heterocycles. The zero-order valence-corrected chi connectivity index (χ0v) is 12.2. The summed E-state index contributed by atoms with van der Waals surface area (Å²) in [6, 6.07) is 11.9. The highest BCUT2D eigenvalue weighted by Gasteiger charge is 2.35. The fraction of sp³-hybridized carbons (Fsp3) is 0.588. The minimum atomic E-state index is 0.356. The Labute approximate surface area is 121 Å². The van der Waals surface area contributed by atoms with Crippen molar-refractivity contribution in [3.05, 3.63) is 35.4 Å². The third-order valence-corrected chi connectivity index (χ3v) is 4.86. The number of nitriles is 1. The fourth-order valence-electron chi connectivity index (χ4n) is 3.71. The number of benzene rings is 1. The minimum Gasteiger partial charge on any atom is -0.306 e. The number of hydrogen-bond donors (Lipinski definition) is 1. The van der Waals surface area contributed by atoms with Gasteiger partial charge in [-0.15, -0.1) is 0 Å². The number of piperidine rings is 1. The molecule has 2 aliphatic heterocycles. The highest BCUT2D eigenvalue weighted by molar-refractivity contribution is 5.32. The van der Waals surface area contributed by atoms with Crippen LogP contribution in [0.3, 0.4) is 0 Å². The molecule has 2 fully saturated rings. The zero-order chi connectivity index (χ0) is 13.9. The van der Waals surface area contributed by atoms with E-state index in [0.717, 1.165) is 11.6 Å². The SMILES string of the molecule is CC(NC1CCN2CCCCC12)c1ccc(C#N)cc1. The van der Waals surface area contributed by atoms with Crippen LogP contribution in [0.25, 0.3) is 0 Å². The maximum atomic E-state index is 8.86. The second kappa shape index (κ2) is 5.95. The molecule has 3 unspecified atom stereocenters. The molecule has 2 saturated heterocycles. The third-order valence-electron chi connectivity index (χ3n) is 4.86. The van der Waals surface area contributed by atoms with Crippen LogP contribution in [0.2, 0.25) is 0 Å². The summed E-state index contributed by atoms with van der Waals surface area (Å²) in [5.41, 5.74) is 2.01. The van der Waals surface area contributed by atoms with Gasteiger partial charge in [-0.25, -0.2) is 0 Å². The molecule has 3 atom stereocenters. The first kappa shape index (κ1) is 13.6. The van der Waals surface area contributed by atoms with Crippen molar-refractivity contribution in [1.82, 2.24) is 10.2 Å². The van der Waals surface area contributed by atoms with Crippen LogP contribution in [-0.2, 0) is 0 Å². The summed E-state index contributed by atoms with van der Waals surface area (Å²) >= 11 is 0. The van der Waals surface area contributed by atoms with Gasteiger partial charge < -0.3 is 5.32 Å². The summed E-state index contributed by atoms with van der Waals surface area (Å²) < 4.78 is 0. The van der Waals surface area contributed by atoms with E-state index in [9.17, 15) is 0 Å². The molecule has 1 aromatic carbocycles. The summed E-state index contributed by atoms with van der Waals surface area (Å²) in [6.45, 7) is 4.77. The Bertz CT molecular complexity index is 488. The second-order valence-electron chi connectivity index (χ2n) is 6.12. The van der Waals surface area contributed by atoms with E-state index in [2.05, 4.69) is 35.3 Å². The van der Waals surface area contributed by atoms with Crippen LogP contribution in [0, 0.1) is 11.3 Å². The Morgan fingerprint density at radius 1 is 1.20 bits per heavy atom. The van der Waals surface area contributed by atoms with E-state index in [4.69, 9.17) is 5.26 Å². The Morgan fingerprint density at radius 2 is 2.00 bits per heavy atom. The van der Waals surface area contributed by atoms with Crippen LogP contribution in [0.15, 0.2) is 24.3 Å². The standard InChI is InChI=1S/C17H23N3/c1-13(15-7-5-14(12-18)6-8-15)19-16-9-11-20-10-3-2-4-17(16)20/h5-8,13,16-17,19H,2-4,9-11H2,1H3. The molecule has 0 aliphatic carbocycles. The number of fused-ring (bicyclic) bond motifs is 1. The molecular weight excluding hydrogens is 246 g/mol. The fourth-order valence-corrected chi connectivity index (χ4v) is 3.71. The number of nitrogens with one attached hydrogen (secondary N) is 1. The van der Waals surface area contributed by atoms with Gasteiger partial charge in [-0.1, -0.05) is 18.6 Å². The smallest absolute Gasteiger partial charge is 0.0991 e. The molecule has 106 valence electrons. The molecule has 0 amide bonds. The predicted octanol–water partition coefficient (Wildman–Crippen LogP) is 2.84. The van der Waals surface area contributed by atoms with Gasteiger partial charge in [0.05, 0.1) is 11.6 Å². The van der Waals surface area contributed by atoms with Crippen LogP contribution < -0.4 is 5.32 Å². The normalized spacial score (nSPS) is 27.8. The van der Waals surface area contributed by atoms with Crippen molar-refractivity contribution >= 4 is 0 Å². The van der Waals surface area contributed by atoms with Gasteiger partial charge in [0.15, 0.2) is 0 Å². The summed E-state index contributed by atoms with van der Waals surface area (Å²) in [4.78, 5) is 2.66. The van der Waals surface area contributed by atoms with Crippen molar-refractivity contribution in [2.45, 2.75) is 50.7 Å². The number of hydrogen-bond acceptors (Lipinski definition) is 3. The topological polar surface area (TPSA) is 39.1 Å². The summed E-state index contributed by atoms with van der Waals surface area (Å²) in [5.74, 6) is 0. The predicted molar refractivity (Wildman–Crippen MR) is 80.3 cm³/mol. The average Bonchev–Trinajstić information content (AvgIpc) is 2.91. The van der Waals surface area contributed by atoms with Gasteiger partial charge in [-0.2, -0.15) is 5.26 Å². The first-order chi connectivity index (χ1) is 9.78. The van der Waals surface area contributed by atoms with Crippen LogP contribution in [0.4, 0.5) is 0 Å². The van der Waals surface area contributed by atoms with Gasteiger partial charge in [0, 0.05) is 24.7 Å². The highest BCUT2D eigenvalue weighted by atomic mass is 15.2. The number of nitrogens with zero attached hydrogens (tertiary/aromatic N) is 2. The zero-order valence-electron chi connectivity index (χ0n) is 12.2. The van der Waals surface area contributed by atoms with Crippen molar-refractivity contribution in [3.8, 4) is 6.07 Å². The van der Waals surface area contributed by atoms with Crippen molar-refractivity contribution in [2.75, 3.05) is 13.1 Å². The van der Waals surface area contributed by atoms with E-state index in [0.29, 0.717) is 12.1 Å². The minimum absolute atomic E-state index is 0.356. The van der Waals surface area contributed by atoms with Crippen molar-refractivity contribution in [2.24, 2.45) is 0 Å². The molecular formula is C17H23N3. The first-order valence-corrected chi connectivity index (χ1v) is 7.78. The molecule has 3 nitrogen and oxygen atoms in total. The summed E-state index contributed by atoms with van der Waals surface area (Å²) in [6.07, 6.45) is 5.36. The van der Waals surface area contributed by atoms with Gasteiger partial charge in [0.1, 0.15) is 0 Å². The third kappa shape index (κ3) is 2.72. The van der Waals surface area contributed by atoms with E-state index in [1.54, 1.807) is 0 Å². The molecule has 3 rings (SSSR count). The lowest BCUT2D eigenvalue weighted by Crippen LogP contribution is -2.45. The van der Waals surface area contributed by atoms with E-state index < -0.39 is 0 Å². The maximum absolute atomic E-state index is 8.86. The van der Waals surface area contributed by atoms with Crippen LogP contribution >= 0.6 is 0 Å². The lowest BCUT2D eigenvalue weighted by atomic mass is 9.97.